The van der Waals surface area contributed by atoms with Gasteiger partial charge in [0, 0.05) is 6.42 Å². The van der Waals surface area contributed by atoms with Crippen LogP contribution in [0.4, 0.5) is 0 Å². The highest BCUT2D eigenvalue weighted by Crippen LogP contribution is 2.79. The third kappa shape index (κ3) is 1.64. The number of hydrogen-bond donors (Lipinski definition) is 0. The summed E-state index contributed by atoms with van der Waals surface area (Å²) in [4.78, 5) is 12.0. The maximum atomic E-state index is 12.0. The average molecular weight is 335 g/mol. The molecule has 4 saturated carbocycles. The first-order valence-corrected chi connectivity index (χ1v) is 10.1. The van der Waals surface area contributed by atoms with Crippen molar-refractivity contribution in [1.82, 2.24) is 0 Å². The molecule has 2 heteroatoms. The smallest absolute Gasteiger partial charge is 0.156 e. The van der Waals surface area contributed by atoms with Crippen LogP contribution in [0.25, 0.3) is 0 Å². The first-order valence-electron chi connectivity index (χ1n) is 10.1. The molecule has 0 heterocycles. The van der Waals surface area contributed by atoms with Crippen LogP contribution >= 0.6 is 0 Å². The highest BCUT2D eigenvalue weighted by Gasteiger charge is 2.75. The summed E-state index contributed by atoms with van der Waals surface area (Å²) in [5.41, 5.74) is 2.63. The van der Waals surface area contributed by atoms with E-state index in [2.05, 4.69) is 33.4 Å². The van der Waals surface area contributed by atoms with Crippen LogP contribution in [-0.4, -0.2) is 5.78 Å². The van der Waals surface area contributed by atoms with E-state index in [9.17, 15) is 10.1 Å². The summed E-state index contributed by atoms with van der Waals surface area (Å²) >= 11 is 0. The van der Waals surface area contributed by atoms with Crippen LogP contribution in [0.2, 0.25) is 0 Å². The number of carbonyl (C=O) groups is 1. The van der Waals surface area contributed by atoms with Crippen molar-refractivity contribution < 1.29 is 4.79 Å². The number of nitrogens with zero attached hydrogens (tertiary/aromatic N) is 1. The van der Waals surface area contributed by atoms with Gasteiger partial charge in [0.05, 0.1) is 11.5 Å². The zero-order valence-electron chi connectivity index (χ0n) is 15.8. The first kappa shape index (κ1) is 15.9. The number of carbonyl (C=O) groups excluding carboxylic acids is 1. The summed E-state index contributed by atoms with van der Waals surface area (Å²) in [5.74, 6) is 3.66. The van der Waals surface area contributed by atoms with Gasteiger partial charge in [-0.2, -0.15) is 5.26 Å². The van der Waals surface area contributed by atoms with Gasteiger partial charge in [-0.25, -0.2) is 0 Å². The fourth-order valence-corrected chi connectivity index (χ4v) is 8.13. The number of ketones is 1. The zero-order chi connectivity index (χ0) is 17.8. The second-order valence-corrected chi connectivity index (χ2v) is 10.3. The van der Waals surface area contributed by atoms with Crippen LogP contribution < -0.4 is 0 Å². The third-order valence-corrected chi connectivity index (χ3v) is 9.64. The van der Waals surface area contributed by atoms with Gasteiger partial charge in [0.2, 0.25) is 0 Å². The Morgan fingerprint density at radius 1 is 1.20 bits per heavy atom. The molecule has 4 unspecified atom stereocenters. The number of hydrogen-bond acceptors (Lipinski definition) is 2. The molecule has 0 aromatic rings. The van der Waals surface area contributed by atoms with E-state index in [0.29, 0.717) is 30.1 Å². The molecule has 5 aliphatic carbocycles. The van der Waals surface area contributed by atoms with E-state index in [-0.39, 0.29) is 22.0 Å². The van der Waals surface area contributed by atoms with E-state index in [1.165, 1.54) is 30.4 Å². The van der Waals surface area contributed by atoms with Crippen molar-refractivity contribution in [3.63, 3.8) is 0 Å². The van der Waals surface area contributed by atoms with Gasteiger partial charge in [-0.05, 0) is 91.1 Å². The van der Waals surface area contributed by atoms with Crippen molar-refractivity contribution in [2.24, 2.45) is 45.8 Å². The Hall–Kier alpha value is -1.36. The molecule has 0 bridgehead atoms. The lowest BCUT2D eigenvalue weighted by Gasteiger charge is -2.60. The van der Waals surface area contributed by atoms with Crippen molar-refractivity contribution in [3.05, 3.63) is 23.8 Å². The summed E-state index contributed by atoms with van der Waals surface area (Å²) in [6.45, 7) is 11.5. The lowest BCUT2D eigenvalue weighted by molar-refractivity contribution is -0.117. The van der Waals surface area contributed by atoms with Gasteiger partial charge in [-0.15, -0.1) is 0 Å². The van der Waals surface area contributed by atoms with Crippen LogP contribution in [0.15, 0.2) is 23.8 Å². The highest BCUT2D eigenvalue weighted by atomic mass is 16.1. The Morgan fingerprint density at radius 3 is 2.68 bits per heavy atom. The van der Waals surface area contributed by atoms with Crippen LogP contribution in [0.3, 0.4) is 0 Å². The average Bonchev–Trinajstić information content (AvgIpc) is 3.32. The summed E-state index contributed by atoms with van der Waals surface area (Å²) < 4.78 is 0. The molecule has 0 aromatic heterocycles. The minimum Gasteiger partial charge on any atom is -0.295 e. The SMILES string of the molecule is C=C1CC2C(CC[C@@]3(C)C2C2C[C@@H]2[C@]3(C)C#N)[C@@]2(C)CCC(=O)C=C12. The van der Waals surface area contributed by atoms with Gasteiger partial charge in [0.25, 0.3) is 0 Å². The van der Waals surface area contributed by atoms with Gasteiger partial charge in [0.1, 0.15) is 0 Å². The summed E-state index contributed by atoms with van der Waals surface area (Å²) in [7, 11) is 0. The van der Waals surface area contributed by atoms with Crippen molar-refractivity contribution >= 4 is 5.78 Å². The molecular formula is C23H29NO. The third-order valence-electron chi connectivity index (χ3n) is 9.64. The topological polar surface area (TPSA) is 40.9 Å². The van der Waals surface area contributed by atoms with Gasteiger partial charge in [0.15, 0.2) is 5.78 Å². The quantitative estimate of drug-likeness (QED) is 0.620. The van der Waals surface area contributed by atoms with Gasteiger partial charge >= 0.3 is 0 Å². The predicted octanol–water partition coefficient (Wildman–Crippen LogP) is 5.07. The summed E-state index contributed by atoms with van der Waals surface area (Å²) in [6, 6.07) is 2.77. The number of rotatable bonds is 0. The Morgan fingerprint density at radius 2 is 1.96 bits per heavy atom. The maximum absolute atomic E-state index is 12.0. The van der Waals surface area contributed by atoms with Gasteiger partial charge in [-0.3, -0.25) is 4.79 Å². The predicted molar refractivity (Wildman–Crippen MR) is 97.3 cm³/mol. The molecule has 132 valence electrons. The molecule has 0 amide bonds. The van der Waals surface area contributed by atoms with E-state index in [1.54, 1.807) is 0 Å². The molecule has 0 spiro atoms. The summed E-state index contributed by atoms with van der Waals surface area (Å²) in [5, 5.41) is 10.0. The van der Waals surface area contributed by atoms with Crippen LogP contribution in [0, 0.1) is 57.2 Å². The van der Waals surface area contributed by atoms with Crippen LogP contribution in [0.1, 0.15) is 59.3 Å². The molecule has 0 aliphatic heterocycles. The largest absolute Gasteiger partial charge is 0.295 e. The normalized spacial score (nSPS) is 56.1. The van der Waals surface area contributed by atoms with Gasteiger partial charge in [-0.1, -0.05) is 26.0 Å². The Balaban J connectivity index is 1.59. The molecule has 0 saturated heterocycles. The van der Waals surface area contributed by atoms with E-state index in [4.69, 9.17) is 0 Å². The maximum Gasteiger partial charge on any atom is 0.156 e. The molecule has 5 rings (SSSR count). The molecule has 5 aliphatic rings. The minimum atomic E-state index is -0.145. The molecular weight excluding hydrogens is 306 g/mol. The molecule has 2 nitrogen and oxygen atoms in total. The zero-order valence-corrected chi connectivity index (χ0v) is 15.8. The van der Waals surface area contributed by atoms with Crippen molar-refractivity contribution in [2.45, 2.75) is 59.3 Å². The van der Waals surface area contributed by atoms with Crippen LogP contribution in [-0.2, 0) is 4.79 Å². The second-order valence-electron chi connectivity index (χ2n) is 10.3. The molecule has 8 atom stereocenters. The monoisotopic (exact) mass is 335 g/mol. The highest BCUT2D eigenvalue weighted by molar-refractivity contribution is 5.92. The lowest BCUT2D eigenvalue weighted by Crippen LogP contribution is -2.53. The summed E-state index contributed by atoms with van der Waals surface area (Å²) in [6.07, 6.45) is 8.31. The van der Waals surface area contributed by atoms with E-state index in [1.807, 2.05) is 6.08 Å². The van der Waals surface area contributed by atoms with E-state index < -0.39 is 0 Å². The lowest BCUT2D eigenvalue weighted by atomic mass is 9.44. The van der Waals surface area contributed by atoms with Crippen LogP contribution in [0.5, 0.6) is 0 Å². The number of allylic oxidation sites excluding steroid dienone is 2. The standard InChI is InChI=1S/C23H29NO/c1-13-9-15-17(21(2)7-5-14(25)10-18(13)21)6-8-22(3)20(15)16-11-19(16)23(22,4)12-24/h10,15-17,19-20H,1,5-9,11H2,2-4H3/t15?,16?,17?,19-,20?,21+,22-,23-/m0/s1. The molecule has 0 radical (unpaired) electrons. The van der Waals surface area contributed by atoms with Crippen molar-refractivity contribution in [1.29, 1.82) is 5.26 Å². The van der Waals surface area contributed by atoms with E-state index in [0.717, 1.165) is 18.8 Å². The minimum absolute atomic E-state index is 0.130. The first-order chi connectivity index (χ1) is 11.8. The fourth-order valence-electron chi connectivity index (χ4n) is 8.13. The number of fused-ring (bicyclic) bond motifs is 7. The molecule has 4 fully saturated rings. The van der Waals surface area contributed by atoms with Gasteiger partial charge < -0.3 is 0 Å². The van der Waals surface area contributed by atoms with E-state index >= 15 is 0 Å². The van der Waals surface area contributed by atoms with Crippen molar-refractivity contribution in [2.75, 3.05) is 0 Å². The Labute approximate surface area is 151 Å². The Bertz CT molecular complexity index is 771. The molecule has 0 aromatic carbocycles. The number of nitriles is 1. The second kappa shape index (κ2) is 4.48. The fraction of sp³-hybridized carbons (Fsp3) is 0.739. The molecule has 25 heavy (non-hydrogen) atoms. The molecule has 0 N–H and O–H groups in total. The van der Waals surface area contributed by atoms with Crippen molar-refractivity contribution in [3.8, 4) is 6.07 Å². The Kier molecular flexibility index (Phi) is 2.84.